The van der Waals surface area contributed by atoms with Crippen molar-refractivity contribution in [2.75, 3.05) is 11.1 Å². The summed E-state index contributed by atoms with van der Waals surface area (Å²) in [6.07, 6.45) is 1.23. The van der Waals surface area contributed by atoms with Crippen LogP contribution in [0, 0.1) is 5.82 Å². The fourth-order valence-corrected chi connectivity index (χ4v) is 1.52. The molecule has 1 aromatic carbocycles. The van der Waals surface area contributed by atoms with E-state index in [1.54, 1.807) is 6.07 Å². The molecule has 0 aliphatic heterocycles. The van der Waals surface area contributed by atoms with Crippen molar-refractivity contribution in [3.63, 3.8) is 0 Å². The van der Waals surface area contributed by atoms with Crippen LogP contribution in [0.15, 0.2) is 24.5 Å². The van der Waals surface area contributed by atoms with Gasteiger partial charge in [-0.15, -0.1) is 0 Å². The van der Waals surface area contributed by atoms with Gasteiger partial charge in [-0.3, -0.25) is 0 Å². The van der Waals surface area contributed by atoms with Crippen LogP contribution >= 0.6 is 23.2 Å². The Hall–Kier alpha value is -1.59. The first kappa shape index (κ1) is 11.9. The molecule has 1 aromatic heterocycles. The van der Waals surface area contributed by atoms with Crippen LogP contribution in [0.3, 0.4) is 0 Å². The number of hydrogen-bond acceptors (Lipinski definition) is 4. The maximum absolute atomic E-state index is 13.6. The molecule has 7 heteroatoms. The van der Waals surface area contributed by atoms with Crippen molar-refractivity contribution in [2.45, 2.75) is 0 Å². The van der Waals surface area contributed by atoms with Crippen LogP contribution < -0.4 is 11.1 Å². The SMILES string of the molecule is Nc1ncnc(Nc2cccc(Cl)c2F)c1Cl. The van der Waals surface area contributed by atoms with E-state index in [1.807, 2.05) is 0 Å². The zero-order valence-electron chi connectivity index (χ0n) is 8.42. The number of benzene rings is 1. The van der Waals surface area contributed by atoms with Gasteiger partial charge >= 0.3 is 0 Å². The van der Waals surface area contributed by atoms with Crippen molar-refractivity contribution in [3.05, 3.63) is 40.4 Å². The first-order chi connectivity index (χ1) is 8.09. The topological polar surface area (TPSA) is 63.8 Å². The van der Waals surface area contributed by atoms with E-state index >= 15 is 0 Å². The number of nitrogens with two attached hydrogens (primary N) is 1. The number of anilines is 3. The molecular weight excluding hydrogens is 266 g/mol. The average Bonchev–Trinajstić information content (AvgIpc) is 2.31. The van der Waals surface area contributed by atoms with Gasteiger partial charge < -0.3 is 11.1 Å². The second-order valence-corrected chi connectivity index (χ2v) is 3.93. The number of rotatable bonds is 2. The summed E-state index contributed by atoms with van der Waals surface area (Å²) in [5.74, 6) is -0.241. The Bertz CT molecular complexity index is 512. The molecule has 2 rings (SSSR count). The zero-order valence-corrected chi connectivity index (χ0v) is 9.93. The van der Waals surface area contributed by atoms with Crippen LogP contribution in [0.2, 0.25) is 10.0 Å². The second kappa shape index (κ2) is 4.73. The Balaban J connectivity index is 2.38. The minimum atomic E-state index is -0.581. The van der Waals surface area contributed by atoms with Crippen molar-refractivity contribution in [3.8, 4) is 0 Å². The summed E-state index contributed by atoms with van der Waals surface area (Å²) in [4.78, 5) is 7.56. The first-order valence-corrected chi connectivity index (χ1v) is 5.32. The highest BCUT2D eigenvalue weighted by molar-refractivity contribution is 6.35. The summed E-state index contributed by atoms with van der Waals surface area (Å²) in [6.45, 7) is 0. The molecule has 0 saturated carbocycles. The molecule has 0 saturated heterocycles. The van der Waals surface area contributed by atoms with Crippen LogP contribution in [0.1, 0.15) is 0 Å². The van der Waals surface area contributed by atoms with Gasteiger partial charge in [0.2, 0.25) is 0 Å². The summed E-state index contributed by atoms with van der Waals surface area (Å²) in [5, 5.41) is 2.84. The summed E-state index contributed by atoms with van der Waals surface area (Å²) >= 11 is 11.5. The maximum Gasteiger partial charge on any atom is 0.165 e. The van der Waals surface area contributed by atoms with Crippen molar-refractivity contribution in [2.24, 2.45) is 0 Å². The van der Waals surface area contributed by atoms with Gasteiger partial charge in [-0.25, -0.2) is 14.4 Å². The number of aromatic nitrogens is 2. The molecule has 17 heavy (non-hydrogen) atoms. The highest BCUT2D eigenvalue weighted by atomic mass is 35.5. The van der Waals surface area contributed by atoms with Crippen LogP contribution in [0.25, 0.3) is 0 Å². The predicted octanol–water partition coefficient (Wildman–Crippen LogP) is 3.25. The molecule has 0 radical (unpaired) electrons. The van der Waals surface area contributed by atoms with E-state index in [4.69, 9.17) is 28.9 Å². The molecule has 0 spiro atoms. The average molecular weight is 273 g/mol. The number of nitrogens with zero attached hydrogens (tertiary/aromatic N) is 2. The highest BCUT2D eigenvalue weighted by Gasteiger charge is 2.10. The molecule has 88 valence electrons. The molecule has 0 unspecified atom stereocenters. The van der Waals surface area contributed by atoms with Gasteiger partial charge in [0.25, 0.3) is 0 Å². The summed E-state index contributed by atoms with van der Waals surface area (Å²) in [7, 11) is 0. The Labute approximate surface area is 107 Å². The van der Waals surface area contributed by atoms with E-state index in [9.17, 15) is 4.39 Å². The monoisotopic (exact) mass is 272 g/mol. The first-order valence-electron chi connectivity index (χ1n) is 4.56. The van der Waals surface area contributed by atoms with E-state index in [1.165, 1.54) is 18.5 Å². The molecule has 1 heterocycles. The van der Waals surface area contributed by atoms with Crippen LogP contribution in [-0.2, 0) is 0 Å². The van der Waals surface area contributed by atoms with Crippen LogP contribution in [-0.4, -0.2) is 9.97 Å². The van der Waals surface area contributed by atoms with Gasteiger partial charge in [0, 0.05) is 0 Å². The van der Waals surface area contributed by atoms with Crippen LogP contribution in [0.5, 0.6) is 0 Å². The molecule has 3 N–H and O–H groups in total. The summed E-state index contributed by atoms with van der Waals surface area (Å²) < 4.78 is 13.6. The van der Waals surface area contributed by atoms with Gasteiger partial charge in [-0.05, 0) is 12.1 Å². The fourth-order valence-electron chi connectivity index (χ4n) is 1.20. The van der Waals surface area contributed by atoms with Gasteiger partial charge in [0.05, 0.1) is 10.7 Å². The number of nitrogens with one attached hydrogen (secondary N) is 1. The van der Waals surface area contributed by atoms with E-state index in [2.05, 4.69) is 15.3 Å². The van der Waals surface area contributed by atoms with Gasteiger partial charge in [0.15, 0.2) is 11.6 Å². The van der Waals surface area contributed by atoms with E-state index in [-0.39, 0.29) is 27.4 Å². The smallest absolute Gasteiger partial charge is 0.165 e. The molecule has 0 fully saturated rings. The molecule has 0 aliphatic carbocycles. The largest absolute Gasteiger partial charge is 0.382 e. The molecule has 2 aromatic rings. The van der Waals surface area contributed by atoms with Crippen molar-refractivity contribution < 1.29 is 4.39 Å². The lowest BCUT2D eigenvalue weighted by atomic mass is 10.3. The Kier molecular flexibility index (Phi) is 3.31. The lowest BCUT2D eigenvalue weighted by Gasteiger charge is -2.09. The van der Waals surface area contributed by atoms with Gasteiger partial charge in [-0.2, -0.15) is 0 Å². The molecule has 0 amide bonds. The standard InChI is InChI=1S/C10H7Cl2FN4/c11-5-2-1-3-6(8(5)13)17-10-7(12)9(14)15-4-16-10/h1-4H,(H3,14,15,16,17). The summed E-state index contributed by atoms with van der Waals surface area (Å²) in [6, 6.07) is 4.56. The van der Waals surface area contributed by atoms with Gasteiger partial charge in [0.1, 0.15) is 17.2 Å². The third-order valence-electron chi connectivity index (χ3n) is 2.02. The molecule has 4 nitrogen and oxygen atoms in total. The van der Waals surface area contributed by atoms with E-state index < -0.39 is 5.82 Å². The maximum atomic E-state index is 13.6. The number of halogens is 3. The zero-order chi connectivity index (χ0) is 12.4. The van der Waals surface area contributed by atoms with Crippen molar-refractivity contribution in [1.29, 1.82) is 0 Å². The second-order valence-electron chi connectivity index (χ2n) is 3.15. The Morgan fingerprint density at radius 3 is 2.76 bits per heavy atom. The van der Waals surface area contributed by atoms with Crippen molar-refractivity contribution in [1.82, 2.24) is 9.97 Å². The third-order valence-corrected chi connectivity index (χ3v) is 2.69. The third kappa shape index (κ3) is 2.40. The summed E-state index contributed by atoms with van der Waals surface area (Å²) in [5.41, 5.74) is 5.66. The van der Waals surface area contributed by atoms with Gasteiger partial charge in [-0.1, -0.05) is 29.3 Å². The predicted molar refractivity (Wildman–Crippen MR) is 66.1 cm³/mol. The lowest BCUT2D eigenvalue weighted by Crippen LogP contribution is -2.01. The minimum absolute atomic E-state index is 0.00755. The fraction of sp³-hybridized carbons (Fsp3) is 0. The highest BCUT2D eigenvalue weighted by Crippen LogP contribution is 2.29. The van der Waals surface area contributed by atoms with Crippen molar-refractivity contribution >= 4 is 40.5 Å². The molecule has 0 atom stereocenters. The lowest BCUT2D eigenvalue weighted by molar-refractivity contribution is 0.632. The Morgan fingerprint density at radius 2 is 2.00 bits per heavy atom. The van der Waals surface area contributed by atoms with E-state index in [0.717, 1.165) is 0 Å². The van der Waals surface area contributed by atoms with Crippen LogP contribution in [0.4, 0.5) is 21.7 Å². The minimum Gasteiger partial charge on any atom is -0.382 e. The molecule has 0 bridgehead atoms. The Morgan fingerprint density at radius 1 is 1.24 bits per heavy atom. The number of nitrogen functional groups attached to an aromatic ring is 1. The molecular formula is C10H7Cl2FN4. The normalized spacial score (nSPS) is 10.3. The quantitative estimate of drug-likeness (QED) is 0.881. The molecule has 0 aliphatic rings. The number of hydrogen-bond donors (Lipinski definition) is 2. The van der Waals surface area contributed by atoms with E-state index in [0.29, 0.717) is 0 Å².